The van der Waals surface area contributed by atoms with Gasteiger partial charge in [0.25, 0.3) is 0 Å². The first kappa shape index (κ1) is 14.5. The number of halogens is 1. The van der Waals surface area contributed by atoms with Crippen molar-refractivity contribution in [2.75, 3.05) is 26.2 Å². The SMILES string of the molecule is COc1cc(CN(C)c2ncccc2Cl)cc(OC)c1. The number of aromatic nitrogens is 1. The van der Waals surface area contributed by atoms with E-state index in [-0.39, 0.29) is 0 Å². The van der Waals surface area contributed by atoms with Crippen LogP contribution in [0.5, 0.6) is 11.5 Å². The second kappa shape index (κ2) is 6.48. The molecule has 0 aliphatic carbocycles. The normalized spacial score (nSPS) is 10.2. The van der Waals surface area contributed by atoms with Crippen LogP contribution in [0.4, 0.5) is 5.82 Å². The first-order valence-corrected chi connectivity index (χ1v) is 6.55. The van der Waals surface area contributed by atoms with E-state index in [2.05, 4.69) is 4.98 Å². The van der Waals surface area contributed by atoms with Crippen LogP contribution < -0.4 is 14.4 Å². The molecule has 0 aliphatic rings. The van der Waals surface area contributed by atoms with Gasteiger partial charge in [0.05, 0.1) is 19.2 Å². The van der Waals surface area contributed by atoms with Gasteiger partial charge in [-0.3, -0.25) is 0 Å². The Bertz CT molecular complexity index is 568. The van der Waals surface area contributed by atoms with E-state index in [1.165, 1.54) is 0 Å². The number of pyridine rings is 1. The summed E-state index contributed by atoms with van der Waals surface area (Å²) in [6.45, 7) is 0.657. The van der Waals surface area contributed by atoms with Crippen LogP contribution in [0.1, 0.15) is 5.56 Å². The number of anilines is 1. The molecule has 1 heterocycles. The van der Waals surface area contributed by atoms with Crippen LogP contribution in [0.25, 0.3) is 0 Å². The van der Waals surface area contributed by atoms with Gasteiger partial charge in [0.15, 0.2) is 0 Å². The number of benzene rings is 1. The predicted octanol–water partition coefficient (Wildman–Crippen LogP) is 3.39. The van der Waals surface area contributed by atoms with Gasteiger partial charge in [-0.15, -0.1) is 0 Å². The minimum Gasteiger partial charge on any atom is -0.497 e. The standard InChI is InChI=1S/C15H17ClN2O2/c1-18(15-14(16)5-4-6-17-15)10-11-7-12(19-2)9-13(8-11)20-3/h4-9H,10H2,1-3H3. The van der Waals surface area contributed by atoms with E-state index >= 15 is 0 Å². The van der Waals surface area contributed by atoms with Crippen LogP contribution in [0.2, 0.25) is 5.02 Å². The highest BCUT2D eigenvalue weighted by Crippen LogP contribution is 2.26. The molecule has 0 fully saturated rings. The maximum absolute atomic E-state index is 6.15. The largest absolute Gasteiger partial charge is 0.497 e. The van der Waals surface area contributed by atoms with Crippen molar-refractivity contribution in [2.24, 2.45) is 0 Å². The molecule has 0 spiro atoms. The van der Waals surface area contributed by atoms with Crippen LogP contribution in [-0.4, -0.2) is 26.3 Å². The van der Waals surface area contributed by atoms with E-state index in [9.17, 15) is 0 Å². The minimum absolute atomic E-state index is 0.630. The third kappa shape index (κ3) is 3.33. The van der Waals surface area contributed by atoms with Crippen molar-refractivity contribution in [3.05, 3.63) is 47.1 Å². The van der Waals surface area contributed by atoms with Gasteiger partial charge in [0.2, 0.25) is 0 Å². The molecule has 2 aromatic rings. The maximum atomic E-state index is 6.15. The van der Waals surface area contributed by atoms with Crippen molar-refractivity contribution in [2.45, 2.75) is 6.54 Å². The molecule has 2 rings (SSSR count). The fourth-order valence-corrected chi connectivity index (χ4v) is 2.23. The van der Waals surface area contributed by atoms with Gasteiger partial charge in [-0.1, -0.05) is 11.6 Å². The summed E-state index contributed by atoms with van der Waals surface area (Å²) in [7, 11) is 5.22. The lowest BCUT2D eigenvalue weighted by molar-refractivity contribution is 0.393. The van der Waals surface area contributed by atoms with Gasteiger partial charge < -0.3 is 14.4 Å². The lowest BCUT2D eigenvalue weighted by Crippen LogP contribution is -2.18. The Morgan fingerprint density at radius 2 is 1.80 bits per heavy atom. The summed E-state index contributed by atoms with van der Waals surface area (Å²) in [6, 6.07) is 9.42. The Balaban J connectivity index is 2.23. The van der Waals surface area contributed by atoms with Crippen molar-refractivity contribution in [1.29, 1.82) is 0 Å². The molecular weight excluding hydrogens is 276 g/mol. The molecular formula is C15H17ClN2O2. The second-order valence-corrected chi connectivity index (χ2v) is 4.79. The van der Waals surface area contributed by atoms with Gasteiger partial charge in [-0.05, 0) is 29.8 Å². The Morgan fingerprint density at radius 3 is 2.35 bits per heavy atom. The van der Waals surface area contributed by atoms with Crippen LogP contribution in [0.3, 0.4) is 0 Å². The zero-order valence-electron chi connectivity index (χ0n) is 11.8. The number of hydrogen-bond donors (Lipinski definition) is 0. The molecule has 0 aliphatic heterocycles. The maximum Gasteiger partial charge on any atom is 0.147 e. The quantitative estimate of drug-likeness (QED) is 0.846. The monoisotopic (exact) mass is 292 g/mol. The van der Waals surface area contributed by atoms with Crippen molar-refractivity contribution < 1.29 is 9.47 Å². The lowest BCUT2D eigenvalue weighted by atomic mass is 10.2. The van der Waals surface area contributed by atoms with Crippen LogP contribution in [0, 0.1) is 0 Å². The highest BCUT2D eigenvalue weighted by Gasteiger charge is 2.09. The number of methoxy groups -OCH3 is 2. The fraction of sp³-hybridized carbons (Fsp3) is 0.267. The summed E-state index contributed by atoms with van der Waals surface area (Å²) in [4.78, 5) is 6.27. The molecule has 106 valence electrons. The highest BCUT2D eigenvalue weighted by atomic mass is 35.5. The van der Waals surface area contributed by atoms with Gasteiger partial charge >= 0.3 is 0 Å². The lowest BCUT2D eigenvalue weighted by Gasteiger charge is -2.20. The number of rotatable bonds is 5. The second-order valence-electron chi connectivity index (χ2n) is 4.39. The van der Waals surface area contributed by atoms with Crippen molar-refractivity contribution in [1.82, 2.24) is 4.98 Å². The van der Waals surface area contributed by atoms with Crippen LogP contribution in [0.15, 0.2) is 36.5 Å². The van der Waals surface area contributed by atoms with E-state index in [1.54, 1.807) is 20.4 Å². The molecule has 1 aromatic carbocycles. The van der Waals surface area contributed by atoms with Gasteiger partial charge in [0, 0.05) is 25.9 Å². The van der Waals surface area contributed by atoms with Gasteiger partial charge in [-0.2, -0.15) is 0 Å². The van der Waals surface area contributed by atoms with E-state index < -0.39 is 0 Å². The Hall–Kier alpha value is -1.94. The fourth-order valence-electron chi connectivity index (χ4n) is 1.96. The van der Waals surface area contributed by atoms with E-state index in [4.69, 9.17) is 21.1 Å². The average molecular weight is 293 g/mol. The molecule has 0 N–H and O–H groups in total. The average Bonchev–Trinajstić information content (AvgIpc) is 2.47. The van der Waals surface area contributed by atoms with E-state index in [1.807, 2.05) is 42.3 Å². The molecule has 0 radical (unpaired) electrons. The Labute approximate surface area is 123 Å². The zero-order chi connectivity index (χ0) is 14.5. The summed E-state index contributed by atoms with van der Waals surface area (Å²) in [5.74, 6) is 2.27. The molecule has 4 nitrogen and oxygen atoms in total. The summed E-state index contributed by atoms with van der Waals surface area (Å²) in [6.07, 6.45) is 1.73. The number of nitrogens with zero attached hydrogens (tertiary/aromatic N) is 2. The molecule has 1 aromatic heterocycles. The number of ether oxygens (including phenoxy) is 2. The zero-order valence-corrected chi connectivity index (χ0v) is 12.5. The molecule has 0 bridgehead atoms. The summed E-state index contributed by atoms with van der Waals surface area (Å²) < 4.78 is 10.5. The van der Waals surface area contributed by atoms with Gasteiger partial charge in [-0.25, -0.2) is 4.98 Å². The molecule has 0 saturated carbocycles. The summed E-state index contributed by atoms with van der Waals surface area (Å²) >= 11 is 6.15. The van der Waals surface area contributed by atoms with Crippen LogP contribution >= 0.6 is 11.6 Å². The van der Waals surface area contributed by atoms with Crippen molar-refractivity contribution >= 4 is 17.4 Å². The smallest absolute Gasteiger partial charge is 0.147 e. The minimum atomic E-state index is 0.630. The number of hydrogen-bond acceptors (Lipinski definition) is 4. The molecule has 0 amide bonds. The van der Waals surface area contributed by atoms with Gasteiger partial charge in [0.1, 0.15) is 17.3 Å². The molecule has 0 atom stereocenters. The molecule has 0 unspecified atom stereocenters. The summed E-state index contributed by atoms with van der Waals surface area (Å²) in [5.41, 5.74) is 1.06. The van der Waals surface area contributed by atoms with E-state index in [0.29, 0.717) is 11.6 Å². The van der Waals surface area contributed by atoms with E-state index in [0.717, 1.165) is 22.9 Å². The topological polar surface area (TPSA) is 34.6 Å². The molecule has 0 saturated heterocycles. The Morgan fingerprint density at radius 1 is 1.15 bits per heavy atom. The first-order chi connectivity index (χ1) is 9.63. The third-order valence-electron chi connectivity index (χ3n) is 2.93. The van der Waals surface area contributed by atoms with Crippen molar-refractivity contribution in [3.63, 3.8) is 0 Å². The van der Waals surface area contributed by atoms with Crippen molar-refractivity contribution in [3.8, 4) is 11.5 Å². The highest BCUT2D eigenvalue weighted by molar-refractivity contribution is 6.32. The predicted molar refractivity (Wildman–Crippen MR) is 80.9 cm³/mol. The Kier molecular flexibility index (Phi) is 4.69. The summed E-state index contributed by atoms with van der Waals surface area (Å²) in [5, 5.41) is 0.630. The molecule has 20 heavy (non-hydrogen) atoms. The first-order valence-electron chi connectivity index (χ1n) is 6.17. The molecule has 5 heteroatoms. The van der Waals surface area contributed by atoms with Crippen LogP contribution in [-0.2, 0) is 6.54 Å². The third-order valence-corrected chi connectivity index (χ3v) is 3.23.